The van der Waals surface area contributed by atoms with Gasteiger partial charge in [0.2, 0.25) is 0 Å². The fourth-order valence-electron chi connectivity index (χ4n) is 2.78. The van der Waals surface area contributed by atoms with Gasteiger partial charge in [-0.2, -0.15) is 0 Å². The van der Waals surface area contributed by atoms with Crippen LogP contribution >= 0.6 is 0 Å². The number of imide groups is 1. The number of benzene rings is 1. The van der Waals surface area contributed by atoms with Crippen LogP contribution in [0.5, 0.6) is 0 Å². The van der Waals surface area contributed by atoms with Crippen LogP contribution in [0.2, 0.25) is 0 Å². The fourth-order valence-corrected chi connectivity index (χ4v) is 2.78. The molecule has 1 fully saturated rings. The molecule has 2 aliphatic rings. The fraction of sp³-hybridized carbons (Fsp3) is 0.385. The van der Waals surface area contributed by atoms with Crippen molar-refractivity contribution in [2.45, 2.75) is 24.8 Å². The number of carbonyl (C=O) groups is 2. The van der Waals surface area contributed by atoms with Crippen LogP contribution < -0.4 is 5.32 Å². The predicted molar refractivity (Wildman–Crippen MR) is 62.5 cm³/mol. The van der Waals surface area contributed by atoms with Crippen molar-refractivity contribution in [2.75, 3.05) is 7.05 Å². The Balaban J connectivity index is 1.99. The normalized spacial score (nSPS) is 27.2. The van der Waals surface area contributed by atoms with Gasteiger partial charge in [-0.15, -0.1) is 0 Å². The van der Waals surface area contributed by atoms with Gasteiger partial charge in [0, 0.05) is 13.5 Å². The highest BCUT2D eigenvalue weighted by Crippen LogP contribution is 2.32. The van der Waals surface area contributed by atoms with Gasteiger partial charge in [-0.25, -0.2) is 4.79 Å². The zero-order valence-electron chi connectivity index (χ0n) is 9.69. The number of nitrogens with zero attached hydrogens (tertiary/aromatic N) is 1. The molecule has 1 heterocycles. The summed E-state index contributed by atoms with van der Waals surface area (Å²) in [6, 6.07) is 7.83. The minimum Gasteiger partial charge on any atom is -0.323 e. The molecule has 1 aliphatic heterocycles. The summed E-state index contributed by atoms with van der Waals surface area (Å²) in [5, 5.41) is 2.85. The van der Waals surface area contributed by atoms with Crippen molar-refractivity contribution in [2.24, 2.45) is 0 Å². The number of hydrogen-bond acceptors (Lipinski definition) is 2. The van der Waals surface area contributed by atoms with E-state index in [1.54, 1.807) is 0 Å². The third-order valence-corrected chi connectivity index (χ3v) is 3.80. The van der Waals surface area contributed by atoms with E-state index in [-0.39, 0.29) is 11.9 Å². The summed E-state index contributed by atoms with van der Waals surface area (Å²) in [6.07, 6.45) is 2.15. The lowest BCUT2D eigenvalue weighted by molar-refractivity contribution is -0.130. The molecule has 4 heteroatoms. The summed E-state index contributed by atoms with van der Waals surface area (Å²) in [5.74, 6) is -0.1000. The van der Waals surface area contributed by atoms with Crippen molar-refractivity contribution in [1.29, 1.82) is 0 Å². The van der Waals surface area contributed by atoms with Crippen LogP contribution in [0.25, 0.3) is 0 Å². The predicted octanol–water partition coefficient (Wildman–Crippen LogP) is 1.10. The van der Waals surface area contributed by atoms with Gasteiger partial charge in [0.1, 0.15) is 5.54 Å². The molecule has 0 bridgehead atoms. The van der Waals surface area contributed by atoms with E-state index in [9.17, 15) is 9.59 Å². The molecule has 0 aromatic heterocycles. The molecule has 1 spiro atoms. The first kappa shape index (κ1) is 10.3. The van der Waals surface area contributed by atoms with Crippen molar-refractivity contribution in [3.8, 4) is 0 Å². The van der Waals surface area contributed by atoms with Crippen molar-refractivity contribution in [1.82, 2.24) is 10.2 Å². The van der Waals surface area contributed by atoms with E-state index in [4.69, 9.17) is 0 Å². The highest BCUT2D eigenvalue weighted by molar-refractivity contribution is 6.07. The Morgan fingerprint density at radius 3 is 2.59 bits per heavy atom. The summed E-state index contributed by atoms with van der Waals surface area (Å²) in [6.45, 7) is 0. The van der Waals surface area contributed by atoms with Gasteiger partial charge < -0.3 is 5.32 Å². The Morgan fingerprint density at radius 1 is 1.24 bits per heavy atom. The average Bonchev–Trinajstić information content (AvgIpc) is 2.54. The minimum absolute atomic E-state index is 0.1000. The molecule has 17 heavy (non-hydrogen) atoms. The summed E-state index contributed by atoms with van der Waals surface area (Å²) in [7, 11) is 1.53. The molecule has 1 aromatic carbocycles. The van der Waals surface area contributed by atoms with Gasteiger partial charge in [-0.3, -0.25) is 9.69 Å². The zero-order valence-corrected chi connectivity index (χ0v) is 9.69. The number of likely N-dealkylation sites (N-methyl/N-ethyl adjacent to an activating group) is 1. The molecule has 1 N–H and O–H groups in total. The minimum atomic E-state index is -0.694. The molecule has 0 radical (unpaired) electrons. The van der Waals surface area contributed by atoms with Crippen molar-refractivity contribution >= 4 is 11.9 Å². The Morgan fingerprint density at radius 2 is 1.94 bits per heavy atom. The van der Waals surface area contributed by atoms with Crippen LogP contribution in [-0.4, -0.2) is 29.4 Å². The van der Waals surface area contributed by atoms with Gasteiger partial charge in [-0.05, 0) is 24.0 Å². The summed E-state index contributed by atoms with van der Waals surface area (Å²) < 4.78 is 0. The third kappa shape index (κ3) is 1.37. The molecule has 3 amide bonds. The van der Waals surface area contributed by atoms with Crippen molar-refractivity contribution in [3.63, 3.8) is 0 Å². The lowest BCUT2D eigenvalue weighted by atomic mass is 9.78. The first-order valence-corrected chi connectivity index (χ1v) is 5.79. The molecular weight excluding hydrogens is 216 g/mol. The van der Waals surface area contributed by atoms with E-state index in [2.05, 4.69) is 11.4 Å². The Kier molecular flexibility index (Phi) is 2.02. The molecule has 1 atom stereocenters. The molecule has 1 aromatic rings. The maximum Gasteiger partial charge on any atom is 0.324 e. The number of amides is 3. The van der Waals surface area contributed by atoms with Crippen molar-refractivity contribution in [3.05, 3.63) is 35.4 Å². The number of hydrogen-bond donors (Lipinski definition) is 1. The number of rotatable bonds is 0. The zero-order chi connectivity index (χ0) is 12.0. The summed E-state index contributed by atoms with van der Waals surface area (Å²) >= 11 is 0. The third-order valence-electron chi connectivity index (χ3n) is 3.80. The topological polar surface area (TPSA) is 49.4 Å². The largest absolute Gasteiger partial charge is 0.324 e. The summed E-state index contributed by atoms with van der Waals surface area (Å²) in [4.78, 5) is 24.9. The second kappa shape index (κ2) is 3.32. The Hall–Kier alpha value is -1.84. The second-order valence-corrected chi connectivity index (χ2v) is 4.82. The van der Waals surface area contributed by atoms with Crippen LogP contribution in [0.1, 0.15) is 17.5 Å². The lowest BCUT2D eigenvalue weighted by Gasteiger charge is -2.32. The molecule has 88 valence electrons. The Bertz CT molecular complexity index is 512. The van der Waals surface area contributed by atoms with Gasteiger partial charge in [0.25, 0.3) is 5.91 Å². The SMILES string of the molecule is CN1C(=O)NC2(CCc3ccccc3C2)C1=O. The number of aryl methyl sites for hydroxylation is 1. The highest BCUT2D eigenvalue weighted by Gasteiger charge is 2.50. The molecule has 1 unspecified atom stereocenters. The first-order valence-electron chi connectivity index (χ1n) is 5.79. The standard InChI is InChI=1S/C13H14N2O2/c1-15-11(16)13(14-12(15)17)7-6-9-4-2-3-5-10(9)8-13/h2-5H,6-8H2,1H3,(H,14,17). The van der Waals surface area contributed by atoms with Gasteiger partial charge in [0.05, 0.1) is 0 Å². The van der Waals surface area contributed by atoms with E-state index >= 15 is 0 Å². The quantitative estimate of drug-likeness (QED) is 0.678. The van der Waals surface area contributed by atoms with Gasteiger partial charge in [0.15, 0.2) is 0 Å². The molecule has 1 saturated heterocycles. The second-order valence-electron chi connectivity index (χ2n) is 4.82. The van der Waals surface area contributed by atoms with Crippen LogP contribution in [0.3, 0.4) is 0 Å². The van der Waals surface area contributed by atoms with Gasteiger partial charge >= 0.3 is 6.03 Å². The number of fused-ring (bicyclic) bond motifs is 1. The first-order chi connectivity index (χ1) is 8.12. The van der Waals surface area contributed by atoms with Crippen LogP contribution in [0.15, 0.2) is 24.3 Å². The number of urea groups is 1. The monoisotopic (exact) mass is 230 g/mol. The molecule has 4 nitrogen and oxygen atoms in total. The summed E-state index contributed by atoms with van der Waals surface area (Å²) in [5.41, 5.74) is 1.76. The average molecular weight is 230 g/mol. The van der Waals surface area contributed by atoms with Crippen molar-refractivity contribution < 1.29 is 9.59 Å². The smallest absolute Gasteiger partial charge is 0.323 e. The number of nitrogens with one attached hydrogen (secondary N) is 1. The van der Waals surface area contributed by atoms with Crippen LogP contribution in [0.4, 0.5) is 4.79 Å². The van der Waals surface area contributed by atoms with Gasteiger partial charge in [-0.1, -0.05) is 24.3 Å². The highest BCUT2D eigenvalue weighted by atomic mass is 16.2. The maximum atomic E-state index is 12.1. The van der Waals surface area contributed by atoms with Crippen LogP contribution in [-0.2, 0) is 17.6 Å². The lowest BCUT2D eigenvalue weighted by Crippen LogP contribution is -2.51. The molecule has 0 saturated carbocycles. The number of carbonyl (C=O) groups excluding carboxylic acids is 2. The molecular formula is C13H14N2O2. The maximum absolute atomic E-state index is 12.1. The van der Waals surface area contributed by atoms with E-state index in [1.165, 1.54) is 23.1 Å². The van der Waals surface area contributed by atoms with Crippen LogP contribution in [0, 0.1) is 0 Å². The van der Waals surface area contributed by atoms with E-state index < -0.39 is 5.54 Å². The molecule has 3 rings (SSSR count). The van der Waals surface area contributed by atoms with E-state index in [0.29, 0.717) is 12.8 Å². The Labute approximate surface area is 99.6 Å². The molecule has 1 aliphatic carbocycles. The van der Waals surface area contributed by atoms with E-state index in [1.807, 2.05) is 18.2 Å². The van der Waals surface area contributed by atoms with E-state index in [0.717, 1.165) is 6.42 Å².